The van der Waals surface area contributed by atoms with Gasteiger partial charge in [0, 0.05) is 5.92 Å². The van der Waals surface area contributed by atoms with Gasteiger partial charge in [0.15, 0.2) is 0 Å². The first-order valence-electron chi connectivity index (χ1n) is 6.35. The van der Waals surface area contributed by atoms with Crippen molar-refractivity contribution >= 4 is 34.8 Å². The van der Waals surface area contributed by atoms with Crippen LogP contribution in [0.3, 0.4) is 0 Å². The van der Waals surface area contributed by atoms with Crippen molar-refractivity contribution in [2.45, 2.75) is 39.5 Å². The van der Waals surface area contributed by atoms with Crippen LogP contribution in [0.25, 0.3) is 0 Å². The lowest BCUT2D eigenvalue weighted by Crippen LogP contribution is -2.22. The number of rotatable bonds is 6. The SMILES string of the molecule is CCCCC(CC)C(=O)Nc1c(Cl)cccc1Cl. The van der Waals surface area contributed by atoms with Crippen molar-refractivity contribution in [1.29, 1.82) is 0 Å². The second kappa shape index (κ2) is 7.65. The Hall–Kier alpha value is -0.730. The summed E-state index contributed by atoms with van der Waals surface area (Å²) in [7, 11) is 0. The topological polar surface area (TPSA) is 29.1 Å². The van der Waals surface area contributed by atoms with Crippen molar-refractivity contribution in [1.82, 2.24) is 0 Å². The molecule has 0 aliphatic carbocycles. The molecule has 1 atom stereocenters. The average Bonchev–Trinajstić information content (AvgIpc) is 2.35. The number of nitrogens with one attached hydrogen (secondary N) is 1. The summed E-state index contributed by atoms with van der Waals surface area (Å²) in [5.74, 6) is 0.0261. The lowest BCUT2D eigenvalue weighted by Gasteiger charge is -2.16. The van der Waals surface area contributed by atoms with Crippen molar-refractivity contribution in [3.63, 3.8) is 0 Å². The minimum absolute atomic E-state index is 0.000880. The third-order valence-corrected chi connectivity index (χ3v) is 3.61. The van der Waals surface area contributed by atoms with Crippen LogP contribution in [0.1, 0.15) is 39.5 Å². The van der Waals surface area contributed by atoms with Crippen LogP contribution in [0.4, 0.5) is 5.69 Å². The molecule has 1 amide bonds. The van der Waals surface area contributed by atoms with Gasteiger partial charge in [-0.3, -0.25) is 4.79 Å². The van der Waals surface area contributed by atoms with Crippen LogP contribution < -0.4 is 5.32 Å². The second-order valence-corrected chi connectivity index (χ2v) is 5.15. The van der Waals surface area contributed by atoms with Crippen molar-refractivity contribution < 1.29 is 4.79 Å². The fourth-order valence-electron chi connectivity index (χ4n) is 1.81. The standard InChI is InChI=1S/C14H19Cl2NO/c1-3-5-7-10(4-2)14(18)17-13-11(15)8-6-9-12(13)16/h6,8-10H,3-5,7H2,1-2H3,(H,17,18). The second-order valence-electron chi connectivity index (χ2n) is 4.33. The molecule has 0 fully saturated rings. The molecule has 0 heterocycles. The Balaban J connectivity index is 2.73. The highest BCUT2D eigenvalue weighted by molar-refractivity contribution is 6.39. The average molecular weight is 288 g/mol. The maximum Gasteiger partial charge on any atom is 0.227 e. The summed E-state index contributed by atoms with van der Waals surface area (Å²) in [6.45, 7) is 4.14. The molecular weight excluding hydrogens is 269 g/mol. The fraction of sp³-hybridized carbons (Fsp3) is 0.500. The molecule has 1 unspecified atom stereocenters. The smallest absolute Gasteiger partial charge is 0.227 e. The number of amides is 1. The van der Waals surface area contributed by atoms with Crippen LogP contribution in [-0.4, -0.2) is 5.91 Å². The maximum atomic E-state index is 12.1. The van der Waals surface area contributed by atoms with Crippen molar-refractivity contribution in [3.05, 3.63) is 28.2 Å². The molecule has 4 heteroatoms. The number of anilines is 1. The Morgan fingerprint density at radius 1 is 1.28 bits per heavy atom. The van der Waals surface area contributed by atoms with Gasteiger partial charge in [-0.05, 0) is 25.0 Å². The largest absolute Gasteiger partial charge is 0.323 e. The Morgan fingerprint density at radius 2 is 1.89 bits per heavy atom. The number of carbonyl (C=O) groups excluding carboxylic acids is 1. The fourth-order valence-corrected chi connectivity index (χ4v) is 2.31. The Kier molecular flexibility index (Phi) is 6.51. The number of benzene rings is 1. The van der Waals surface area contributed by atoms with Crippen molar-refractivity contribution in [3.8, 4) is 0 Å². The van der Waals surface area contributed by atoms with Crippen molar-refractivity contribution in [2.24, 2.45) is 5.92 Å². The van der Waals surface area contributed by atoms with Gasteiger partial charge in [0.2, 0.25) is 5.91 Å². The van der Waals surface area contributed by atoms with Gasteiger partial charge in [-0.15, -0.1) is 0 Å². The highest BCUT2D eigenvalue weighted by Crippen LogP contribution is 2.30. The summed E-state index contributed by atoms with van der Waals surface area (Å²) >= 11 is 12.1. The molecular formula is C14H19Cl2NO. The monoisotopic (exact) mass is 287 g/mol. The molecule has 0 aromatic heterocycles. The molecule has 2 nitrogen and oxygen atoms in total. The zero-order valence-corrected chi connectivity index (χ0v) is 12.3. The van der Waals surface area contributed by atoms with Crippen LogP contribution in [0.5, 0.6) is 0 Å². The number of para-hydroxylation sites is 1. The zero-order chi connectivity index (χ0) is 13.5. The molecule has 1 aromatic rings. The van der Waals surface area contributed by atoms with Gasteiger partial charge in [-0.1, -0.05) is 56.0 Å². The third-order valence-electron chi connectivity index (χ3n) is 2.98. The molecule has 0 saturated heterocycles. The van der Waals surface area contributed by atoms with Crippen LogP contribution >= 0.6 is 23.2 Å². The van der Waals surface area contributed by atoms with Gasteiger partial charge in [0.05, 0.1) is 15.7 Å². The first-order chi connectivity index (χ1) is 8.60. The number of carbonyl (C=O) groups is 1. The number of hydrogen-bond acceptors (Lipinski definition) is 1. The molecule has 1 N–H and O–H groups in total. The van der Waals surface area contributed by atoms with Gasteiger partial charge in [-0.2, -0.15) is 0 Å². The van der Waals surface area contributed by atoms with E-state index in [0.717, 1.165) is 25.7 Å². The molecule has 0 spiro atoms. The van der Waals surface area contributed by atoms with Gasteiger partial charge >= 0.3 is 0 Å². The molecule has 0 saturated carbocycles. The molecule has 100 valence electrons. The van der Waals surface area contributed by atoms with E-state index in [1.54, 1.807) is 18.2 Å². The summed E-state index contributed by atoms with van der Waals surface area (Å²) in [6.07, 6.45) is 3.88. The summed E-state index contributed by atoms with van der Waals surface area (Å²) < 4.78 is 0. The maximum absolute atomic E-state index is 12.1. The van der Waals surface area contributed by atoms with E-state index in [1.165, 1.54) is 0 Å². The number of unbranched alkanes of at least 4 members (excludes halogenated alkanes) is 1. The van der Waals surface area contributed by atoms with E-state index in [0.29, 0.717) is 15.7 Å². The Morgan fingerprint density at radius 3 is 2.39 bits per heavy atom. The lowest BCUT2D eigenvalue weighted by molar-refractivity contribution is -0.120. The van der Waals surface area contributed by atoms with Gasteiger partial charge < -0.3 is 5.32 Å². The molecule has 0 aliphatic heterocycles. The quantitative estimate of drug-likeness (QED) is 0.770. The normalized spacial score (nSPS) is 12.2. The summed E-state index contributed by atoms with van der Waals surface area (Å²) in [6, 6.07) is 5.20. The van der Waals surface area contributed by atoms with E-state index in [4.69, 9.17) is 23.2 Å². The van der Waals surface area contributed by atoms with E-state index < -0.39 is 0 Å². The summed E-state index contributed by atoms with van der Waals surface area (Å²) in [5.41, 5.74) is 0.515. The van der Waals surface area contributed by atoms with Crippen LogP contribution in [0.2, 0.25) is 10.0 Å². The predicted molar refractivity (Wildman–Crippen MR) is 78.4 cm³/mol. The van der Waals surface area contributed by atoms with E-state index >= 15 is 0 Å². The minimum atomic E-state index is 0.000880. The van der Waals surface area contributed by atoms with Crippen LogP contribution in [0.15, 0.2) is 18.2 Å². The van der Waals surface area contributed by atoms with Crippen molar-refractivity contribution in [2.75, 3.05) is 5.32 Å². The number of halogens is 2. The van der Waals surface area contributed by atoms with Crippen LogP contribution in [-0.2, 0) is 4.79 Å². The Bertz CT molecular complexity index is 387. The molecule has 1 aromatic carbocycles. The minimum Gasteiger partial charge on any atom is -0.323 e. The Labute approximate surface area is 119 Å². The highest BCUT2D eigenvalue weighted by Gasteiger charge is 2.18. The first-order valence-corrected chi connectivity index (χ1v) is 7.10. The van der Waals surface area contributed by atoms with E-state index in [-0.39, 0.29) is 11.8 Å². The zero-order valence-electron chi connectivity index (χ0n) is 10.8. The highest BCUT2D eigenvalue weighted by atomic mass is 35.5. The van der Waals surface area contributed by atoms with Gasteiger partial charge in [0.1, 0.15) is 0 Å². The first kappa shape index (κ1) is 15.3. The third kappa shape index (κ3) is 4.18. The molecule has 1 rings (SSSR count). The lowest BCUT2D eigenvalue weighted by atomic mass is 9.98. The molecule has 0 radical (unpaired) electrons. The van der Waals surface area contributed by atoms with Gasteiger partial charge in [0.25, 0.3) is 0 Å². The molecule has 18 heavy (non-hydrogen) atoms. The van der Waals surface area contributed by atoms with E-state index in [9.17, 15) is 4.79 Å². The predicted octanol–water partition coefficient (Wildman–Crippen LogP) is 5.15. The number of hydrogen-bond donors (Lipinski definition) is 1. The summed E-state index contributed by atoms with van der Waals surface area (Å²) in [5, 5.41) is 3.78. The molecule has 0 aliphatic rings. The van der Waals surface area contributed by atoms with Gasteiger partial charge in [-0.25, -0.2) is 0 Å². The van der Waals surface area contributed by atoms with Crippen LogP contribution in [0, 0.1) is 5.92 Å². The van der Waals surface area contributed by atoms with E-state index in [2.05, 4.69) is 12.2 Å². The molecule has 0 bridgehead atoms. The summed E-state index contributed by atoms with van der Waals surface area (Å²) in [4.78, 5) is 12.1. The van der Waals surface area contributed by atoms with E-state index in [1.807, 2.05) is 6.92 Å².